The van der Waals surface area contributed by atoms with Crippen LogP contribution in [0.4, 0.5) is 5.69 Å². The van der Waals surface area contributed by atoms with Gasteiger partial charge >= 0.3 is 0 Å². The van der Waals surface area contributed by atoms with Crippen molar-refractivity contribution < 1.29 is 0 Å². The van der Waals surface area contributed by atoms with E-state index in [2.05, 4.69) is 61.6 Å². The number of nitrogens with zero attached hydrogens (tertiary/aromatic N) is 1. The van der Waals surface area contributed by atoms with E-state index < -0.39 is 0 Å². The van der Waals surface area contributed by atoms with Crippen molar-refractivity contribution in [3.05, 3.63) is 48.2 Å². The van der Waals surface area contributed by atoms with Gasteiger partial charge in [-0.3, -0.25) is 4.98 Å². The Hall–Kier alpha value is -2.09. The highest BCUT2D eigenvalue weighted by Crippen LogP contribution is 2.30. The van der Waals surface area contributed by atoms with Crippen LogP contribution in [0.2, 0.25) is 0 Å². The van der Waals surface area contributed by atoms with Gasteiger partial charge in [0.05, 0.1) is 5.52 Å². The zero-order valence-electron chi connectivity index (χ0n) is 12.1. The summed E-state index contributed by atoms with van der Waals surface area (Å²) in [5, 5.41) is 7.18. The van der Waals surface area contributed by atoms with Crippen molar-refractivity contribution in [3.63, 3.8) is 0 Å². The van der Waals surface area contributed by atoms with Crippen molar-refractivity contribution in [2.75, 3.05) is 11.9 Å². The maximum absolute atomic E-state index is 4.90. The van der Waals surface area contributed by atoms with Gasteiger partial charge in [0.15, 0.2) is 0 Å². The second kappa shape index (κ2) is 5.49. The van der Waals surface area contributed by atoms with Crippen LogP contribution in [0.5, 0.6) is 0 Å². The first-order chi connectivity index (χ1) is 9.83. The summed E-state index contributed by atoms with van der Waals surface area (Å²) < 4.78 is 0. The summed E-state index contributed by atoms with van der Waals surface area (Å²) >= 11 is 0. The number of benzene rings is 2. The van der Waals surface area contributed by atoms with Crippen LogP contribution in [-0.2, 0) is 6.42 Å². The van der Waals surface area contributed by atoms with Gasteiger partial charge in [-0.05, 0) is 24.8 Å². The standard InChI is InChI=1S/C18H20N2/c1-3-7-14-12-17(19-4-2)16-11-10-13-8-5-6-9-15(13)18(16)20-14/h5-6,8-12H,3-4,7H2,1-2H3,(H,19,20). The Balaban J connectivity index is 2.34. The number of hydrogen-bond donors (Lipinski definition) is 1. The number of aryl methyl sites for hydroxylation is 1. The summed E-state index contributed by atoms with van der Waals surface area (Å²) in [6.45, 7) is 5.26. The molecule has 0 fully saturated rings. The first-order valence-corrected chi connectivity index (χ1v) is 7.38. The van der Waals surface area contributed by atoms with Crippen LogP contribution in [0.3, 0.4) is 0 Å². The fraction of sp³-hybridized carbons (Fsp3) is 0.278. The van der Waals surface area contributed by atoms with E-state index in [-0.39, 0.29) is 0 Å². The fourth-order valence-electron chi connectivity index (χ4n) is 2.73. The van der Waals surface area contributed by atoms with Crippen molar-refractivity contribution in [2.24, 2.45) is 0 Å². The van der Waals surface area contributed by atoms with Crippen molar-refractivity contribution in [1.29, 1.82) is 0 Å². The zero-order chi connectivity index (χ0) is 13.9. The molecule has 20 heavy (non-hydrogen) atoms. The average Bonchev–Trinajstić information content (AvgIpc) is 2.48. The molecule has 3 aromatic rings. The normalized spacial score (nSPS) is 11.1. The van der Waals surface area contributed by atoms with Crippen molar-refractivity contribution in [3.8, 4) is 0 Å². The highest BCUT2D eigenvalue weighted by atomic mass is 14.9. The lowest BCUT2D eigenvalue weighted by Gasteiger charge is -2.12. The smallest absolute Gasteiger partial charge is 0.0804 e. The number of aromatic nitrogens is 1. The van der Waals surface area contributed by atoms with E-state index in [1.54, 1.807) is 0 Å². The lowest BCUT2D eigenvalue weighted by atomic mass is 10.0. The van der Waals surface area contributed by atoms with Crippen LogP contribution in [0, 0.1) is 0 Å². The van der Waals surface area contributed by atoms with Crippen molar-refractivity contribution in [1.82, 2.24) is 4.98 Å². The molecule has 3 rings (SSSR count). The fourth-order valence-corrected chi connectivity index (χ4v) is 2.73. The summed E-state index contributed by atoms with van der Waals surface area (Å²) in [4.78, 5) is 4.90. The Morgan fingerprint density at radius 3 is 2.65 bits per heavy atom. The quantitative estimate of drug-likeness (QED) is 0.686. The largest absolute Gasteiger partial charge is 0.385 e. The van der Waals surface area contributed by atoms with E-state index in [0.29, 0.717) is 0 Å². The second-order valence-corrected chi connectivity index (χ2v) is 5.12. The molecule has 102 valence electrons. The minimum atomic E-state index is 0.928. The third kappa shape index (κ3) is 2.22. The molecule has 2 heteroatoms. The Labute approximate surface area is 119 Å². The maximum atomic E-state index is 4.90. The SMILES string of the molecule is CCCc1cc(NCC)c2ccc3ccccc3c2n1. The number of rotatable bonds is 4. The maximum Gasteiger partial charge on any atom is 0.0804 e. The van der Waals surface area contributed by atoms with E-state index in [9.17, 15) is 0 Å². The molecule has 2 aromatic carbocycles. The monoisotopic (exact) mass is 264 g/mol. The van der Waals surface area contributed by atoms with E-state index >= 15 is 0 Å². The molecule has 1 aromatic heterocycles. The molecular formula is C18H20N2. The van der Waals surface area contributed by atoms with Gasteiger partial charge in [0.1, 0.15) is 0 Å². The molecule has 1 N–H and O–H groups in total. The van der Waals surface area contributed by atoms with Crippen molar-refractivity contribution in [2.45, 2.75) is 26.7 Å². The molecule has 0 atom stereocenters. The Kier molecular flexibility index (Phi) is 3.55. The molecular weight excluding hydrogens is 244 g/mol. The second-order valence-electron chi connectivity index (χ2n) is 5.12. The van der Waals surface area contributed by atoms with Crippen LogP contribution in [0.25, 0.3) is 21.7 Å². The number of anilines is 1. The molecule has 0 radical (unpaired) electrons. The number of nitrogens with one attached hydrogen (secondary N) is 1. The molecule has 0 saturated heterocycles. The Morgan fingerprint density at radius 2 is 1.85 bits per heavy atom. The number of pyridine rings is 1. The molecule has 0 spiro atoms. The summed E-state index contributed by atoms with van der Waals surface area (Å²) in [6.07, 6.45) is 2.15. The highest BCUT2D eigenvalue weighted by molar-refractivity contribution is 6.09. The summed E-state index contributed by atoms with van der Waals surface area (Å²) in [6, 6.07) is 15.0. The lowest BCUT2D eigenvalue weighted by Crippen LogP contribution is -2.01. The highest BCUT2D eigenvalue weighted by Gasteiger charge is 2.08. The topological polar surface area (TPSA) is 24.9 Å². The van der Waals surface area contributed by atoms with Gasteiger partial charge in [-0.2, -0.15) is 0 Å². The number of hydrogen-bond acceptors (Lipinski definition) is 2. The Bertz CT molecular complexity index is 747. The van der Waals surface area contributed by atoms with Crippen LogP contribution < -0.4 is 5.32 Å². The molecule has 0 amide bonds. The molecule has 2 nitrogen and oxygen atoms in total. The van der Waals surface area contributed by atoms with Gasteiger partial charge in [0, 0.05) is 28.7 Å². The van der Waals surface area contributed by atoms with E-state index in [1.807, 2.05) is 0 Å². The van der Waals surface area contributed by atoms with Gasteiger partial charge in [0.25, 0.3) is 0 Å². The van der Waals surface area contributed by atoms with E-state index in [0.717, 1.165) is 24.9 Å². The molecule has 0 saturated carbocycles. The molecule has 0 unspecified atom stereocenters. The summed E-state index contributed by atoms with van der Waals surface area (Å²) in [7, 11) is 0. The predicted octanol–water partition coefficient (Wildman–Crippen LogP) is 4.77. The first kappa shape index (κ1) is 12.9. The lowest BCUT2D eigenvalue weighted by molar-refractivity contribution is 0.890. The van der Waals surface area contributed by atoms with Crippen LogP contribution in [0.15, 0.2) is 42.5 Å². The summed E-state index contributed by atoms with van der Waals surface area (Å²) in [5.74, 6) is 0. The molecule has 0 aliphatic carbocycles. The van der Waals surface area contributed by atoms with E-state index in [4.69, 9.17) is 4.98 Å². The summed E-state index contributed by atoms with van der Waals surface area (Å²) in [5.41, 5.74) is 3.49. The average molecular weight is 264 g/mol. The van der Waals surface area contributed by atoms with E-state index in [1.165, 1.54) is 27.5 Å². The van der Waals surface area contributed by atoms with Gasteiger partial charge in [-0.15, -0.1) is 0 Å². The van der Waals surface area contributed by atoms with Gasteiger partial charge in [-0.1, -0.05) is 49.7 Å². The minimum Gasteiger partial charge on any atom is -0.385 e. The Morgan fingerprint density at radius 1 is 1.00 bits per heavy atom. The predicted molar refractivity (Wildman–Crippen MR) is 87.4 cm³/mol. The van der Waals surface area contributed by atoms with Gasteiger partial charge in [0.2, 0.25) is 0 Å². The molecule has 1 heterocycles. The third-order valence-corrected chi connectivity index (χ3v) is 3.63. The van der Waals surface area contributed by atoms with Gasteiger partial charge < -0.3 is 5.32 Å². The molecule has 0 aliphatic heterocycles. The van der Waals surface area contributed by atoms with Gasteiger partial charge in [-0.25, -0.2) is 0 Å². The van der Waals surface area contributed by atoms with Crippen LogP contribution in [0.1, 0.15) is 26.0 Å². The van der Waals surface area contributed by atoms with Crippen LogP contribution >= 0.6 is 0 Å². The van der Waals surface area contributed by atoms with Crippen molar-refractivity contribution >= 4 is 27.4 Å². The minimum absolute atomic E-state index is 0.928. The molecule has 0 aliphatic rings. The number of fused-ring (bicyclic) bond motifs is 3. The molecule has 0 bridgehead atoms. The first-order valence-electron chi connectivity index (χ1n) is 7.38. The zero-order valence-corrected chi connectivity index (χ0v) is 12.1. The van der Waals surface area contributed by atoms with Crippen LogP contribution in [-0.4, -0.2) is 11.5 Å². The third-order valence-electron chi connectivity index (χ3n) is 3.63.